The second-order valence-electron chi connectivity index (χ2n) is 9.79. The van der Waals surface area contributed by atoms with Crippen LogP contribution in [0.5, 0.6) is 0 Å². The highest BCUT2D eigenvalue weighted by atomic mass is 16.2. The molecule has 0 aromatic heterocycles. The molecule has 3 N–H and O–H groups in total. The van der Waals surface area contributed by atoms with Crippen molar-refractivity contribution in [1.29, 1.82) is 0 Å². The average molecular weight is 485 g/mol. The molecule has 2 saturated heterocycles. The molecule has 0 saturated carbocycles. The van der Waals surface area contributed by atoms with Crippen LogP contribution in [0.15, 0.2) is 66.7 Å². The van der Waals surface area contributed by atoms with Crippen molar-refractivity contribution in [2.45, 2.75) is 25.7 Å². The number of para-hydroxylation sites is 2. The Morgan fingerprint density at radius 1 is 0.806 bits per heavy atom. The van der Waals surface area contributed by atoms with Gasteiger partial charge in [-0.25, -0.2) is 0 Å². The van der Waals surface area contributed by atoms with E-state index in [0.29, 0.717) is 31.5 Å². The highest BCUT2D eigenvalue weighted by Crippen LogP contribution is 2.31. The quantitative estimate of drug-likeness (QED) is 0.572. The number of rotatable bonds is 5. The number of likely N-dealkylation sites (tertiary alicyclic amines) is 1. The van der Waals surface area contributed by atoms with Crippen LogP contribution in [0, 0.1) is 11.8 Å². The van der Waals surface area contributed by atoms with Gasteiger partial charge < -0.3 is 20.9 Å². The summed E-state index contributed by atoms with van der Waals surface area (Å²) in [6.07, 6.45) is 2.96. The van der Waals surface area contributed by atoms with Crippen LogP contribution >= 0.6 is 0 Å². The number of anilines is 2. The van der Waals surface area contributed by atoms with Gasteiger partial charge in [-0.05, 0) is 54.7 Å². The Morgan fingerprint density at radius 2 is 1.53 bits per heavy atom. The lowest BCUT2D eigenvalue weighted by Crippen LogP contribution is -2.44. The van der Waals surface area contributed by atoms with Crippen LogP contribution in [-0.4, -0.2) is 48.8 Å². The minimum absolute atomic E-state index is 0.0259. The summed E-state index contributed by atoms with van der Waals surface area (Å²) in [6, 6.07) is 21.4. The Labute approximate surface area is 211 Å². The summed E-state index contributed by atoms with van der Waals surface area (Å²) in [4.78, 5) is 42.3. The van der Waals surface area contributed by atoms with Crippen molar-refractivity contribution in [1.82, 2.24) is 4.90 Å². The number of carbonyl (C=O) groups is 3. The van der Waals surface area contributed by atoms with Crippen molar-refractivity contribution < 1.29 is 14.4 Å². The van der Waals surface area contributed by atoms with Crippen LogP contribution in [0.4, 0.5) is 11.4 Å². The molecule has 36 heavy (non-hydrogen) atoms. The Hall–Kier alpha value is -3.87. The molecule has 2 heterocycles. The van der Waals surface area contributed by atoms with Crippen LogP contribution in [0.1, 0.15) is 36.0 Å². The zero-order valence-electron chi connectivity index (χ0n) is 20.4. The molecule has 0 bridgehead atoms. The first kappa shape index (κ1) is 23.9. The number of fused-ring (bicyclic) bond motifs is 1. The van der Waals surface area contributed by atoms with Crippen molar-refractivity contribution in [2.24, 2.45) is 17.6 Å². The SMILES string of the molecule is NC(=O)C1CCN(c2ccccc2NC(=O)C2CCCN(C(=O)c3cccc4ccccc34)C2)CC1. The van der Waals surface area contributed by atoms with E-state index in [1.165, 1.54) is 0 Å². The fourth-order valence-corrected chi connectivity index (χ4v) is 5.45. The van der Waals surface area contributed by atoms with E-state index >= 15 is 0 Å². The predicted molar refractivity (Wildman–Crippen MR) is 142 cm³/mol. The first-order valence-electron chi connectivity index (χ1n) is 12.7. The van der Waals surface area contributed by atoms with Crippen LogP contribution in [-0.2, 0) is 9.59 Å². The van der Waals surface area contributed by atoms with Crippen LogP contribution in [0.25, 0.3) is 10.8 Å². The van der Waals surface area contributed by atoms with Gasteiger partial charge in [0, 0.05) is 37.7 Å². The number of carbonyl (C=O) groups excluding carboxylic acids is 3. The van der Waals surface area contributed by atoms with Gasteiger partial charge in [-0.1, -0.05) is 48.5 Å². The van der Waals surface area contributed by atoms with Crippen molar-refractivity contribution in [3.05, 3.63) is 72.3 Å². The molecular weight excluding hydrogens is 452 g/mol. The third-order valence-electron chi connectivity index (χ3n) is 7.50. The van der Waals surface area contributed by atoms with Gasteiger partial charge in [-0.2, -0.15) is 0 Å². The molecule has 0 spiro atoms. The zero-order chi connectivity index (χ0) is 25.1. The first-order chi connectivity index (χ1) is 17.5. The molecule has 2 aliphatic heterocycles. The molecule has 3 aromatic rings. The minimum Gasteiger partial charge on any atom is -0.370 e. The van der Waals surface area contributed by atoms with Crippen LogP contribution in [0.2, 0.25) is 0 Å². The zero-order valence-corrected chi connectivity index (χ0v) is 20.4. The standard InChI is InChI=1S/C29H32N4O3/c30-27(34)21-14-17-32(18-15-21)26-13-4-3-12-25(26)31-28(35)22-9-6-16-33(19-22)29(36)24-11-5-8-20-7-1-2-10-23(20)24/h1-5,7-8,10-13,21-22H,6,9,14-19H2,(H2,30,34)(H,31,35). The Morgan fingerprint density at radius 3 is 2.33 bits per heavy atom. The number of amides is 3. The lowest BCUT2D eigenvalue weighted by Gasteiger charge is -2.34. The van der Waals surface area contributed by atoms with Crippen LogP contribution < -0.4 is 16.0 Å². The van der Waals surface area contributed by atoms with Gasteiger partial charge in [0.25, 0.3) is 5.91 Å². The molecule has 5 rings (SSSR count). The van der Waals surface area contributed by atoms with Gasteiger partial charge in [0.05, 0.1) is 17.3 Å². The van der Waals surface area contributed by atoms with E-state index in [1.807, 2.05) is 71.6 Å². The Kier molecular flexibility index (Phi) is 6.89. The second kappa shape index (κ2) is 10.4. The number of nitrogens with one attached hydrogen (secondary N) is 1. The van der Waals surface area contributed by atoms with Crippen molar-refractivity contribution in [3.8, 4) is 0 Å². The van der Waals surface area contributed by atoms with Gasteiger partial charge in [0.2, 0.25) is 11.8 Å². The van der Waals surface area contributed by atoms with E-state index < -0.39 is 0 Å². The van der Waals surface area contributed by atoms with E-state index in [4.69, 9.17) is 5.73 Å². The number of benzene rings is 3. The summed E-state index contributed by atoms with van der Waals surface area (Å²) in [5.74, 6) is -0.690. The topological polar surface area (TPSA) is 95.7 Å². The van der Waals surface area contributed by atoms with Gasteiger partial charge in [0.15, 0.2) is 0 Å². The fraction of sp³-hybridized carbons (Fsp3) is 0.345. The molecule has 186 valence electrons. The summed E-state index contributed by atoms with van der Waals surface area (Å²) < 4.78 is 0. The van der Waals surface area contributed by atoms with Gasteiger partial charge in [-0.15, -0.1) is 0 Å². The minimum atomic E-state index is -0.272. The fourth-order valence-electron chi connectivity index (χ4n) is 5.45. The Balaban J connectivity index is 1.27. The first-order valence-corrected chi connectivity index (χ1v) is 12.7. The van der Waals surface area contributed by atoms with Crippen molar-refractivity contribution in [3.63, 3.8) is 0 Å². The van der Waals surface area contributed by atoms with Crippen molar-refractivity contribution in [2.75, 3.05) is 36.4 Å². The third kappa shape index (κ3) is 4.91. The lowest BCUT2D eigenvalue weighted by atomic mass is 9.95. The highest BCUT2D eigenvalue weighted by molar-refractivity contribution is 6.07. The molecule has 3 amide bonds. The molecular formula is C29H32N4O3. The molecule has 7 nitrogen and oxygen atoms in total. The van der Waals surface area contributed by atoms with Gasteiger partial charge in [0.1, 0.15) is 0 Å². The van der Waals surface area contributed by atoms with Gasteiger partial charge in [-0.3, -0.25) is 14.4 Å². The molecule has 0 radical (unpaired) electrons. The lowest BCUT2D eigenvalue weighted by molar-refractivity contribution is -0.122. The monoisotopic (exact) mass is 484 g/mol. The third-order valence-corrected chi connectivity index (χ3v) is 7.50. The van der Waals surface area contributed by atoms with Gasteiger partial charge >= 0.3 is 0 Å². The molecule has 2 fully saturated rings. The molecule has 1 atom stereocenters. The smallest absolute Gasteiger partial charge is 0.254 e. The number of nitrogens with zero attached hydrogens (tertiary/aromatic N) is 2. The van der Waals surface area contributed by atoms with Crippen LogP contribution in [0.3, 0.4) is 0 Å². The number of hydrogen-bond donors (Lipinski definition) is 2. The number of primary amides is 1. The normalized spacial score (nSPS) is 18.7. The van der Waals surface area contributed by atoms with E-state index in [9.17, 15) is 14.4 Å². The largest absolute Gasteiger partial charge is 0.370 e. The Bertz CT molecular complexity index is 1280. The van der Waals surface area contributed by atoms with E-state index in [0.717, 1.165) is 48.1 Å². The maximum Gasteiger partial charge on any atom is 0.254 e. The summed E-state index contributed by atoms with van der Waals surface area (Å²) in [6.45, 7) is 2.49. The number of nitrogens with two attached hydrogens (primary N) is 1. The maximum atomic E-state index is 13.4. The predicted octanol–water partition coefficient (Wildman–Crippen LogP) is 4.03. The van der Waals surface area contributed by atoms with E-state index in [1.54, 1.807) is 0 Å². The summed E-state index contributed by atoms with van der Waals surface area (Å²) in [5.41, 5.74) is 7.88. The summed E-state index contributed by atoms with van der Waals surface area (Å²) in [7, 11) is 0. The summed E-state index contributed by atoms with van der Waals surface area (Å²) in [5, 5.41) is 5.10. The summed E-state index contributed by atoms with van der Waals surface area (Å²) >= 11 is 0. The molecule has 0 aliphatic carbocycles. The molecule has 1 unspecified atom stereocenters. The maximum absolute atomic E-state index is 13.4. The highest BCUT2D eigenvalue weighted by Gasteiger charge is 2.30. The number of piperidine rings is 2. The molecule has 7 heteroatoms. The second-order valence-corrected chi connectivity index (χ2v) is 9.79. The molecule has 2 aliphatic rings. The average Bonchev–Trinajstić information content (AvgIpc) is 2.93. The van der Waals surface area contributed by atoms with E-state index in [2.05, 4.69) is 10.2 Å². The molecule has 3 aromatic carbocycles. The van der Waals surface area contributed by atoms with E-state index in [-0.39, 0.29) is 29.6 Å². The number of hydrogen-bond acceptors (Lipinski definition) is 4. The van der Waals surface area contributed by atoms with Crippen molar-refractivity contribution >= 4 is 39.9 Å².